The lowest BCUT2D eigenvalue weighted by atomic mass is 10.3. The van der Waals surface area contributed by atoms with Gasteiger partial charge in [0, 0.05) is 18.3 Å². The fourth-order valence-corrected chi connectivity index (χ4v) is 2.46. The van der Waals surface area contributed by atoms with Crippen LogP contribution in [0.5, 0.6) is 0 Å². The Bertz CT molecular complexity index is 446. The van der Waals surface area contributed by atoms with Crippen LogP contribution in [0.2, 0.25) is 0 Å². The van der Waals surface area contributed by atoms with Crippen molar-refractivity contribution in [2.45, 2.75) is 25.8 Å². The van der Waals surface area contributed by atoms with Crippen molar-refractivity contribution in [1.82, 2.24) is 10.2 Å². The van der Waals surface area contributed by atoms with Crippen LogP contribution in [0.4, 0.5) is 10.1 Å². The molecule has 20 heavy (non-hydrogen) atoms. The third kappa shape index (κ3) is 4.90. The highest BCUT2D eigenvalue weighted by Gasteiger charge is 2.14. The van der Waals surface area contributed by atoms with Crippen LogP contribution in [0.25, 0.3) is 0 Å². The smallest absolute Gasteiger partial charge is 0.238 e. The van der Waals surface area contributed by atoms with Crippen molar-refractivity contribution < 1.29 is 9.18 Å². The van der Waals surface area contributed by atoms with Crippen molar-refractivity contribution in [1.29, 1.82) is 0 Å². The van der Waals surface area contributed by atoms with Crippen LogP contribution < -0.4 is 10.6 Å². The van der Waals surface area contributed by atoms with Gasteiger partial charge < -0.3 is 15.5 Å². The summed E-state index contributed by atoms with van der Waals surface area (Å²) in [5.41, 5.74) is 0.490. The molecule has 1 unspecified atom stereocenters. The highest BCUT2D eigenvalue weighted by atomic mass is 19.1. The molecule has 0 saturated carbocycles. The van der Waals surface area contributed by atoms with E-state index in [1.807, 2.05) is 0 Å². The minimum atomic E-state index is -0.349. The van der Waals surface area contributed by atoms with Gasteiger partial charge in [0.15, 0.2) is 0 Å². The second-order valence-electron chi connectivity index (χ2n) is 5.35. The Morgan fingerprint density at radius 1 is 1.40 bits per heavy atom. The highest BCUT2D eigenvalue weighted by molar-refractivity contribution is 5.92. The van der Waals surface area contributed by atoms with E-state index < -0.39 is 0 Å². The van der Waals surface area contributed by atoms with Gasteiger partial charge in [0.1, 0.15) is 5.82 Å². The minimum absolute atomic E-state index is 0.149. The number of halogens is 1. The fourth-order valence-electron chi connectivity index (χ4n) is 2.46. The SMILES string of the molecule is CC(CN1CCCC1)NCC(=O)Nc1cccc(F)c1. The molecule has 1 aromatic rings. The summed E-state index contributed by atoms with van der Waals surface area (Å²) in [5, 5.41) is 5.87. The van der Waals surface area contributed by atoms with Crippen LogP contribution in [0, 0.1) is 5.82 Å². The van der Waals surface area contributed by atoms with Crippen LogP contribution >= 0.6 is 0 Å². The van der Waals surface area contributed by atoms with Gasteiger partial charge in [0.05, 0.1) is 6.54 Å². The van der Waals surface area contributed by atoms with Gasteiger partial charge in [0.25, 0.3) is 0 Å². The number of anilines is 1. The van der Waals surface area contributed by atoms with Crippen molar-refractivity contribution in [3.8, 4) is 0 Å². The van der Waals surface area contributed by atoms with Crippen LogP contribution in [0.1, 0.15) is 19.8 Å². The zero-order valence-electron chi connectivity index (χ0n) is 11.9. The van der Waals surface area contributed by atoms with E-state index in [0.29, 0.717) is 5.69 Å². The summed E-state index contributed by atoms with van der Waals surface area (Å²) in [5.74, 6) is -0.498. The molecule has 2 N–H and O–H groups in total. The number of rotatable bonds is 6. The number of benzene rings is 1. The molecule has 1 amide bonds. The fraction of sp³-hybridized carbons (Fsp3) is 0.533. The first-order chi connectivity index (χ1) is 9.63. The van der Waals surface area contributed by atoms with E-state index in [-0.39, 0.29) is 24.3 Å². The van der Waals surface area contributed by atoms with Crippen molar-refractivity contribution >= 4 is 11.6 Å². The Morgan fingerprint density at radius 2 is 2.15 bits per heavy atom. The predicted molar refractivity (Wildman–Crippen MR) is 78.2 cm³/mol. The normalized spacial score (nSPS) is 17.1. The summed E-state index contributed by atoms with van der Waals surface area (Å²) in [7, 11) is 0. The maximum Gasteiger partial charge on any atom is 0.238 e. The van der Waals surface area contributed by atoms with Gasteiger partial charge in [0.2, 0.25) is 5.91 Å². The van der Waals surface area contributed by atoms with Crippen molar-refractivity contribution in [3.05, 3.63) is 30.1 Å². The lowest BCUT2D eigenvalue weighted by molar-refractivity contribution is -0.115. The molecule has 0 radical (unpaired) electrons. The Kier molecular flexibility index (Phi) is 5.49. The molecule has 4 nitrogen and oxygen atoms in total. The van der Waals surface area contributed by atoms with Gasteiger partial charge in [-0.2, -0.15) is 0 Å². The first kappa shape index (κ1) is 14.9. The summed E-state index contributed by atoms with van der Waals surface area (Å²) in [4.78, 5) is 14.2. The van der Waals surface area contributed by atoms with E-state index in [0.717, 1.165) is 19.6 Å². The topological polar surface area (TPSA) is 44.4 Å². The maximum absolute atomic E-state index is 13.0. The van der Waals surface area contributed by atoms with Crippen LogP contribution in [-0.2, 0) is 4.79 Å². The summed E-state index contributed by atoms with van der Waals surface area (Å²) < 4.78 is 13.0. The average molecular weight is 279 g/mol. The van der Waals surface area contributed by atoms with Gasteiger partial charge in [-0.15, -0.1) is 0 Å². The molecule has 1 atom stereocenters. The maximum atomic E-state index is 13.0. The van der Waals surface area contributed by atoms with E-state index in [4.69, 9.17) is 0 Å². The standard InChI is InChI=1S/C15H22FN3O/c1-12(11-19-7-2-3-8-19)17-10-15(20)18-14-6-4-5-13(16)9-14/h4-6,9,12,17H,2-3,7-8,10-11H2,1H3,(H,18,20). The van der Waals surface area contributed by atoms with Crippen molar-refractivity contribution in [3.63, 3.8) is 0 Å². The number of likely N-dealkylation sites (tertiary alicyclic amines) is 1. The number of carbonyl (C=O) groups is 1. The van der Waals surface area contributed by atoms with E-state index in [1.54, 1.807) is 12.1 Å². The van der Waals surface area contributed by atoms with Crippen LogP contribution in [-0.4, -0.2) is 43.0 Å². The molecule has 1 saturated heterocycles. The minimum Gasteiger partial charge on any atom is -0.325 e. The van der Waals surface area contributed by atoms with Crippen molar-refractivity contribution in [2.75, 3.05) is 31.5 Å². The summed E-state index contributed by atoms with van der Waals surface area (Å²) in [6, 6.07) is 6.19. The first-order valence-corrected chi connectivity index (χ1v) is 7.14. The molecule has 1 aliphatic heterocycles. The molecule has 0 aromatic heterocycles. The van der Waals surface area contributed by atoms with Crippen LogP contribution in [0.15, 0.2) is 24.3 Å². The second kappa shape index (κ2) is 7.36. The Morgan fingerprint density at radius 3 is 2.85 bits per heavy atom. The van der Waals surface area contributed by atoms with E-state index in [1.165, 1.54) is 25.0 Å². The van der Waals surface area contributed by atoms with Crippen LogP contribution in [0.3, 0.4) is 0 Å². The van der Waals surface area contributed by atoms with Gasteiger partial charge >= 0.3 is 0 Å². The Balaban J connectivity index is 1.69. The molecule has 1 aromatic carbocycles. The molecule has 1 aliphatic rings. The Hall–Kier alpha value is -1.46. The Labute approximate surface area is 119 Å². The lowest BCUT2D eigenvalue weighted by Gasteiger charge is -2.21. The predicted octanol–water partition coefficient (Wildman–Crippen LogP) is 1.84. The third-order valence-corrected chi connectivity index (χ3v) is 3.45. The molecular weight excluding hydrogens is 257 g/mol. The van der Waals surface area contributed by atoms with Gasteiger partial charge in [-0.1, -0.05) is 6.07 Å². The summed E-state index contributed by atoms with van der Waals surface area (Å²) >= 11 is 0. The van der Waals surface area contributed by atoms with Gasteiger partial charge in [-0.25, -0.2) is 4.39 Å². The highest BCUT2D eigenvalue weighted by Crippen LogP contribution is 2.09. The molecule has 0 spiro atoms. The number of nitrogens with zero attached hydrogens (tertiary/aromatic N) is 1. The van der Waals surface area contributed by atoms with E-state index >= 15 is 0 Å². The monoisotopic (exact) mass is 279 g/mol. The van der Waals surface area contributed by atoms with E-state index in [9.17, 15) is 9.18 Å². The molecule has 5 heteroatoms. The number of nitrogens with one attached hydrogen (secondary N) is 2. The average Bonchev–Trinajstić information content (AvgIpc) is 2.89. The number of amides is 1. The van der Waals surface area contributed by atoms with Crippen molar-refractivity contribution in [2.24, 2.45) is 0 Å². The molecule has 0 bridgehead atoms. The van der Waals surface area contributed by atoms with Gasteiger partial charge in [-0.05, 0) is 51.1 Å². The molecule has 2 rings (SSSR count). The molecular formula is C15H22FN3O. The summed E-state index contributed by atoms with van der Waals surface area (Å²) in [6.07, 6.45) is 2.54. The zero-order chi connectivity index (χ0) is 14.4. The molecule has 1 fully saturated rings. The lowest BCUT2D eigenvalue weighted by Crippen LogP contribution is -2.41. The molecule has 110 valence electrons. The second-order valence-corrected chi connectivity index (χ2v) is 5.35. The quantitative estimate of drug-likeness (QED) is 0.835. The number of hydrogen-bond donors (Lipinski definition) is 2. The third-order valence-electron chi connectivity index (χ3n) is 3.45. The number of carbonyl (C=O) groups excluding carboxylic acids is 1. The molecule has 0 aliphatic carbocycles. The van der Waals surface area contributed by atoms with E-state index in [2.05, 4.69) is 22.5 Å². The molecule has 1 heterocycles. The first-order valence-electron chi connectivity index (χ1n) is 7.14. The zero-order valence-corrected chi connectivity index (χ0v) is 11.9. The summed E-state index contributed by atoms with van der Waals surface area (Å²) in [6.45, 7) is 5.59. The largest absolute Gasteiger partial charge is 0.325 e. The number of hydrogen-bond acceptors (Lipinski definition) is 3. The van der Waals surface area contributed by atoms with Gasteiger partial charge in [-0.3, -0.25) is 4.79 Å².